The Kier molecular flexibility index (Phi) is 8.06. The van der Waals surface area contributed by atoms with Crippen molar-refractivity contribution in [2.45, 2.75) is 37.1 Å². The minimum absolute atomic E-state index is 0.0357. The summed E-state index contributed by atoms with van der Waals surface area (Å²) in [4.78, 5) is 18.0. The smallest absolute Gasteiger partial charge is 0.295 e. The van der Waals surface area contributed by atoms with E-state index in [9.17, 15) is 19.8 Å². The van der Waals surface area contributed by atoms with E-state index in [1.807, 2.05) is 18.2 Å². The van der Waals surface area contributed by atoms with E-state index in [0.717, 1.165) is 64.5 Å². The third-order valence-corrected chi connectivity index (χ3v) is 9.28. The number of rotatable bonds is 8. The van der Waals surface area contributed by atoms with Gasteiger partial charge in [0.2, 0.25) is 0 Å². The molecule has 2 aromatic rings. The van der Waals surface area contributed by atoms with Crippen LogP contribution in [-0.4, -0.2) is 77.1 Å². The van der Waals surface area contributed by atoms with Crippen molar-refractivity contribution >= 4 is 40.3 Å². The second-order valence-corrected chi connectivity index (χ2v) is 11.7. The lowest BCUT2D eigenvalue weighted by molar-refractivity contribution is -0.384. The molecule has 8 nitrogen and oxygen atoms in total. The number of hydrogen-bond donors (Lipinski definition) is 1. The van der Waals surface area contributed by atoms with Gasteiger partial charge in [-0.2, -0.15) is 5.26 Å². The Morgan fingerprint density at radius 3 is 2.79 bits per heavy atom. The van der Waals surface area contributed by atoms with E-state index in [2.05, 4.69) is 39.2 Å². The summed E-state index contributed by atoms with van der Waals surface area (Å²) in [6.45, 7) is 5.81. The Labute approximate surface area is 238 Å². The number of hydrogen-bond acceptors (Lipinski definition) is 6. The molecule has 2 saturated carbocycles. The fraction of sp³-hybridized carbons (Fsp3) is 0.500. The lowest BCUT2D eigenvalue weighted by Crippen LogP contribution is -2.47. The molecule has 0 amide bonds. The zero-order chi connectivity index (χ0) is 27.7. The maximum Gasteiger partial charge on any atom is 0.295 e. The zero-order valence-corrected chi connectivity index (χ0v) is 23.5. The van der Waals surface area contributed by atoms with E-state index in [-0.39, 0.29) is 22.2 Å². The Bertz CT molecular complexity index is 1310. The van der Waals surface area contributed by atoms with Gasteiger partial charge >= 0.3 is 0 Å². The molecule has 0 bridgehead atoms. The molecule has 3 aliphatic rings. The Balaban J connectivity index is 1.35. The molecule has 3 fully saturated rings. The highest BCUT2D eigenvalue weighted by atomic mass is 35.5. The summed E-state index contributed by atoms with van der Waals surface area (Å²) in [6.07, 6.45) is 3.85. The van der Waals surface area contributed by atoms with Crippen molar-refractivity contribution in [2.24, 2.45) is 5.92 Å². The van der Waals surface area contributed by atoms with Crippen LogP contribution in [0.25, 0.3) is 0 Å². The third kappa shape index (κ3) is 5.73. The van der Waals surface area contributed by atoms with Gasteiger partial charge < -0.3 is 20.0 Å². The van der Waals surface area contributed by atoms with E-state index < -0.39 is 16.4 Å². The molecule has 11 heteroatoms. The van der Waals surface area contributed by atoms with Gasteiger partial charge in [-0.1, -0.05) is 23.7 Å². The van der Waals surface area contributed by atoms with Gasteiger partial charge in [-0.05, 0) is 81.2 Å². The first-order valence-electron chi connectivity index (χ1n) is 13.3. The van der Waals surface area contributed by atoms with E-state index in [1.165, 1.54) is 11.6 Å². The maximum absolute atomic E-state index is 14.0. The molecular weight excluding hydrogens is 539 g/mol. The largest absolute Gasteiger partial charge is 0.346 e. The van der Waals surface area contributed by atoms with Crippen molar-refractivity contribution < 1.29 is 9.31 Å². The molecule has 39 heavy (non-hydrogen) atoms. The lowest BCUT2D eigenvalue weighted by atomic mass is 9.92. The number of nitro groups is 1. The molecule has 0 spiro atoms. The highest BCUT2D eigenvalue weighted by Gasteiger charge is 2.63. The summed E-state index contributed by atoms with van der Waals surface area (Å²) in [5, 5.41) is 24.3. The van der Waals surface area contributed by atoms with Crippen molar-refractivity contribution in [2.75, 3.05) is 51.6 Å². The number of piperazine rings is 1. The number of nitriles is 1. The average molecular weight is 571 g/mol. The van der Waals surface area contributed by atoms with Crippen LogP contribution in [0.5, 0.6) is 0 Å². The summed E-state index contributed by atoms with van der Waals surface area (Å²) < 4.78 is 14.0. The molecule has 0 aromatic heterocycles. The van der Waals surface area contributed by atoms with Crippen LogP contribution < -0.4 is 5.32 Å². The predicted molar refractivity (Wildman–Crippen MR) is 154 cm³/mol. The second-order valence-electron chi connectivity index (χ2n) is 10.9. The van der Waals surface area contributed by atoms with E-state index in [0.29, 0.717) is 23.1 Å². The van der Waals surface area contributed by atoms with E-state index in [4.69, 9.17) is 23.8 Å². The van der Waals surface area contributed by atoms with Gasteiger partial charge in [-0.3, -0.25) is 10.1 Å². The summed E-state index contributed by atoms with van der Waals surface area (Å²) in [5.41, 5.74) is 1.58. The Hall–Kier alpha value is -2.84. The summed E-state index contributed by atoms with van der Waals surface area (Å²) in [7, 11) is 2.14. The summed E-state index contributed by atoms with van der Waals surface area (Å²) in [5.74, 6) is -0.469. The van der Waals surface area contributed by atoms with Gasteiger partial charge in [0.25, 0.3) is 5.69 Å². The number of anilines is 1. The number of halogens is 2. The topological polar surface area (TPSA) is 88.7 Å². The minimum Gasteiger partial charge on any atom is -0.346 e. The second kappa shape index (κ2) is 11.3. The van der Waals surface area contributed by atoms with Gasteiger partial charge in [0.1, 0.15) is 11.5 Å². The van der Waals surface area contributed by atoms with Crippen molar-refractivity contribution in [1.29, 1.82) is 5.26 Å². The summed E-state index contributed by atoms with van der Waals surface area (Å²) in [6, 6.07) is 12.4. The first-order chi connectivity index (χ1) is 18.7. The van der Waals surface area contributed by atoms with Gasteiger partial charge in [0.05, 0.1) is 27.6 Å². The zero-order valence-electron chi connectivity index (χ0n) is 21.9. The molecule has 0 radical (unpaired) electrons. The van der Waals surface area contributed by atoms with Crippen molar-refractivity contribution in [3.05, 3.63) is 68.5 Å². The molecular formula is C28H32ClFN6O2S. The highest BCUT2D eigenvalue weighted by Crippen LogP contribution is 2.65. The first-order valence-corrected chi connectivity index (χ1v) is 14.1. The number of fused-ring (bicyclic) bond motifs is 1. The van der Waals surface area contributed by atoms with Crippen LogP contribution in [0, 0.1) is 33.2 Å². The first kappa shape index (κ1) is 27.7. The fourth-order valence-electron chi connectivity index (χ4n) is 6.41. The van der Waals surface area contributed by atoms with Crippen LogP contribution in [0.2, 0.25) is 5.02 Å². The predicted octanol–water partition coefficient (Wildman–Crippen LogP) is 5.02. The fourth-order valence-corrected chi connectivity index (χ4v) is 6.91. The van der Waals surface area contributed by atoms with Gasteiger partial charge in [0.15, 0.2) is 5.11 Å². The number of nitrogens with one attached hydrogen (secondary N) is 1. The van der Waals surface area contributed by atoms with Gasteiger partial charge in [-0.25, -0.2) is 4.39 Å². The molecule has 3 atom stereocenters. The van der Waals surface area contributed by atoms with Crippen molar-refractivity contribution in [1.82, 2.24) is 14.7 Å². The SMILES string of the molecule is CN1CCN(CCCN(C(=S)Nc2cc(Cl)c(F)cc2[N+](=O)[O-])[C@@H]2CC[C@]3(c4cccc(C#N)c4)CC23)CC1. The number of thiocarbonyl (C=S) groups is 1. The van der Waals surface area contributed by atoms with Gasteiger partial charge in [0, 0.05) is 44.2 Å². The maximum atomic E-state index is 14.0. The molecule has 5 rings (SSSR count). The molecule has 1 saturated heterocycles. The Morgan fingerprint density at radius 2 is 2.10 bits per heavy atom. The normalized spacial score (nSPS) is 24.6. The average Bonchev–Trinajstić information content (AvgIpc) is 3.55. The molecule has 2 aliphatic carbocycles. The molecule has 2 aromatic carbocycles. The van der Waals surface area contributed by atoms with Crippen molar-refractivity contribution in [3.63, 3.8) is 0 Å². The Morgan fingerprint density at radius 1 is 1.33 bits per heavy atom. The monoisotopic (exact) mass is 570 g/mol. The van der Waals surface area contributed by atoms with Crippen LogP contribution in [0.3, 0.4) is 0 Å². The van der Waals surface area contributed by atoms with Crippen LogP contribution in [0.15, 0.2) is 36.4 Å². The number of nitro benzene ring substituents is 1. The number of benzene rings is 2. The van der Waals surface area contributed by atoms with Crippen molar-refractivity contribution in [3.8, 4) is 6.07 Å². The summed E-state index contributed by atoms with van der Waals surface area (Å²) >= 11 is 11.8. The minimum atomic E-state index is -0.845. The highest BCUT2D eigenvalue weighted by molar-refractivity contribution is 7.80. The van der Waals surface area contributed by atoms with Crippen LogP contribution >= 0.6 is 23.8 Å². The third-order valence-electron chi connectivity index (χ3n) is 8.66. The standard InChI is InChI=1S/C28H32ClFN6O2S/c1-33-10-12-34(13-11-33)8-3-9-35(27(39)32-24-15-22(29)23(30)16-26(24)36(37)38)25-6-7-28(17-21(25)28)20-5-2-4-19(14-20)18-31/h2,4-5,14-16,21,25H,3,6-13,17H2,1H3,(H,32,39)/t21?,25-,28-/m1/s1. The number of nitrogens with zero attached hydrogens (tertiary/aromatic N) is 5. The van der Waals surface area contributed by atoms with Gasteiger partial charge in [-0.15, -0.1) is 0 Å². The molecule has 1 N–H and O–H groups in total. The van der Waals surface area contributed by atoms with E-state index in [1.54, 1.807) is 0 Å². The van der Waals surface area contributed by atoms with E-state index >= 15 is 0 Å². The molecule has 1 unspecified atom stereocenters. The lowest BCUT2D eigenvalue weighted by Gasteiger charge is -2.35. The molecule has 1 heterocycles. The van der Waals surface area contributed by atoms with Crippen LogP contribution in [0.4, 0.5) is 15.8 Å². The van der Waals surface area contributed by atoms with Crippen LogP contribution in [0.1, 0.15) is 36.8 Å². The molecule has 1 aliphatic heterocycles. The molecule has 206 valence electrons. The number of likely N-dealkylation sites (N-methyl/N-ethyl adjacent to an activating group) is 1. The quantitative estimate of drug-likeness (QED) is 0.269. The van der Waals surface area contributed by atoms with Crippen LogP contribution in [-0.2, 0) is 5.41 Å².